The molecule has 0 atom stereocenters. The van der Waals surface area contributed by atoms with Gasteiger partial charge >= 0.3 is 0 Å². The first-order valence-corrected chi connectivity index (χ1v) is 3.84. The van der Waals surface area contributed by atoms with Gasteiger partial charge in [-0.2, -0.15) is 0 Å². The summed E-state index contributed by atoms with van der Waals surface area (Å²) in [6.45, 7) is 0. The number of pyridine rings is 2. The molecular formula is C10H7N2O. The fourth-order valence-electron chi connectivity index (χ4n) is 1.08. The van der Waals surface area contributed by atoms with Crippen molar-refractivity contribution in [2.45, 2.75) is 0 Å². The smallest absolute Gasteiger partial charge is 0.149 e. The molecule has 2 heterocycles. The lowest BCUT2D eigenvalue weighted by atomic mass is 10.2. The van der Waals surface area contributed by atoms with Crippen LogP contribution in [0.25, 0.3) is 11.3 Å². The summed E-state index contributed by atoms with van der Waals surface area (Å²) in [6.07, 6.45) is 4.91. The van der Waals surface area contributed by atoms with Gasteiger partial charge in [0.2, 0.25) is 0 Å². The van der Waals surface area contributed by atoms with E-state index in [1.165, 1.54) is 0 Å². The first kappa shape index (κ1) is 7.73. The van der Waals surface area contributed by atoms with Gasteiger partial charge < -0.3 is 5.11 Å². The van der Waals surface area contributed by atoms with Crippen LogP contribution in [0, 0.1) is 6.07 Å². The molecule has 0 fully saturated rings. The third-order valence-corrected chi connectivity index (χ3v) is 1.68. The molecule has 13 heavy (non-hydrogen) atoms. The Balaban J connectivity index is 2.54. The zero-order chi connectivity index (χ0) is 9.10. The molecular weight excluding hydrogens is 164 g/mol. The Morgan fingerprint density at radius 3 is 2.62 bits per heavy atom. The van der Waals surface area contributed by atoms with Crippen LogP contribution in [-0.4, -0.2) is 15.1 Å². The summed E-state index contributed by atoms with van der Waals surface area (Å²) in [6, 6.07) is 7.82. The number of nitrogens with zero attached hydrogens (tertiary/aromatic N) is 2. The third-order valence-electron chi connectivity index (χ3n) is 1.68. The van der Waals surface area contributed by atoms with E-state index < -0.39 is 0 Å². The van der Waals surface area contributed by atoms with E-state index in [0.29, 0.717) is 5.69 Å². The maximum Gasteiger partial charge on any atom is 0.149 e. The van der Waals surface area contributed by atoms with Gasteiger partial charge in [0.15, 0.2) is 0 Å². The maximum absolute atomic E-state index is 9.43. The highest BCUT2D eigenvalue weighted by atomic mass is 16.3. The number of aromatic hydroxyl groups is 1. The van der Waals surface area contributed by atoms with Crippen molar-refractivity contribution >= 4 is 0 Å². The lowest BCUT2D eigenvalue weighted by Crippen LogP contribution is -1.83. The fourth-order valence-corrected chi connectivity index (χ4v) is 1.08. The molecule has 3 heteroatoms. The molecule has 1 N–H and O–H groups in total. The Kier molecular flexibility index (Phi) is 1.92. The van der Waals surface area contributed by atoms with E-state index in [2.05, 4.69) is 16.0 Å². The summed E-state index contributed by atoms with van der Waals surface area (Å²) in [5.74, 6) is 0.0636. The molecule has 2 aromatic heterocycles. The third kappa shape index (κ3) is 1.49. The van der Waals surface area contributed by atoms with Crippen LogP contribution in [0.4, 0.5) is 0 Å². The zero-order valence-electron chi connectivity index (χ0n) is 6.81. The summed E-state index contributed by atoms with van der Waals surface area (Å²) in [4.78, 5) is 7.92. The zero-order valence-corrected chi connectivity index (χ0v) is 6.81. The van der Waals surface area contributed by atoms with Crippen molar-refractivity contribution in [3.8, 4) is 17.0 Å². The molecule has 0 aliphatic rings. The fraction of sp³-hybridized carbons (Fsp3) is 0. The summed E-state index contributed by atoms with van der Waals surface area (Å²) in [5, 5.41) is 9.43. The van der Waals surface area contributed by atoms with E-state index >= 15 is 0 Å². The molecule has 0 saturated carbocycles. The number of aromatic nitrogens is 2. The molecule has 0 aromatic carbocycles. The number of hydrogen-bond donors (Lipinski definition) is 1. The SMILES string of the molecule is Oc1[c]ccnc1-c1ccncc1. The Morgan fingerprint density at radius 1 is 1.15 bits per heavy atom. The highest BCUT2D eigenvalue weighted by Gasteiger charge is 2.03. The minimum atomic E-state index is 0.0636. The molecule has 2 aromatic rings. The van der Waals surface area contributed by atoms with Gasteiger partial charge in [0.05, 0.1) is 0 Å². The maximum atomic E-state index is 9.43. The Morgan fingerprint density at radius 2 is 1.92 bits per heavy atom. The molecule has 1 radical (unpaired) electrons. The number of hydrogen-bond acceptors (Lipinski definition) is 3. The largest absolute Gasteiger partial charge is 0.505 e. The van der Waals surface area contributed by atoms with Crippen molar-refractivity contribution in [2.75, 3.05) is 0 Å². The van der Waals surface area contributed by atoms with Gasteiger partial charge in [-0.3, -0.25) is 9.97 Å². The van der Waals surface area contributed by atoms with Crippen LogP contribution in [0.1, 0.15) is 0 Å². The first-order valence-electron chi connectivity index (χ1n) is 3.84. The molecule has 0 spiro atoms. The van der Waals surface area contributed by atoms with Crippen molar-refractivity contribution in [1.82, 2.24) is 9.97 Å². The quantitative estimate of drug-likeness (QED) is 0.709. The second-order valence-corrected chi connectivity index (χ2v) is 2.52. The number of rotatable bonds is 1. The molecule has 3 nitrogen and oxygen atoms in total. The standard InChI is InChI=1S/C10H7N2O/c13-9-2-1-5-12-10(9)8-3-6-11-7-4-8/h1,3-7,13H. The lowest BCUT2D eigenvalue weighted by molar-refractivity contribution is 0.474. The van der Waals surface area contributed by atoms with E-state index in [-0.39, 0.29) is 5.75 Å². The first-order chi connectivity index (χ1) is 6.38. The Hall–Kier alpha value is -1.90. The molecule has 63 valence electrons. The van der Waals surface area contributed by atoms with Gasteiger partial charge in [-0.05, 0) is 18.2 Å². The second kappa shape index (κ2) is 3.23. The topological polar surface area (TPSA) is 46.0 Å². The molecule has 0 aliphatic heterocycles. The van der Waals surface area contributed by atoms with E-state index in [1.807, 2.05) is 0 Å². The lowest BCUT2D eigenvalue weighted by Gasteiger charge is -2.00. The molecule has 0 amide bonds. The predicted octanol–water partition coefficient (Wildman–Crippen LogP) is 1.65. The summed E-state index contributed by atoms with van der Waals surface area (Å²) in [7, 11) is 0. The molecule has 2 rings (SSSR count). The average molecular weight is 171 g/mol. The summed E-state index contributed by atoms with van der Waals surface area (Å²) >= 11 is 0. The van der Waals surface area contributed by atoms with Crippen molar-refractivity contribution < 1.29 is 5.11 Å². The van der Waals surface area contributed by atoms with Crippen molar-refractivity contribution in [2.24, 2.45) is 0 Å². The van der Waals surface area contributed by atoms with Crippen molar-refractivity contribution in [3.63, 3.8) is 0 Å². The van der Waals surface area contributed by atoms with Crippen LogP contribution in [-0.2, 0) is 0 Å². The average Bonchev–Trinajstić information content (AvgIpc) is 2.20. The summed E-state index contributed by atoms with van der Waals surface area (Å²) in [5.41, 5.74) is 1.37. The Labute approximate surface area is 75.7 Å². The van der Waals surface area contributed by atoms with Crippen LogP contribution in [0.5, 0.6) is 5.75 Å². The van der Waals surface area contributed by atoms with Gasteiger partial charge in [-0.15, -0.1) is 0 Å². The van der Waals surface area contributed by atoms with Gasteiger partial charge in [0.1, 0.15) is 11.4 Å². The second-order valence-electron chi connectivity index (χ2n) is 2.52. The Bertz CT molecular complexity index is 401. The van der Waals surface area contributed by atoms with Gasteiger partial charge in [0, 0.05) is 30.2 Å². The molecule has 0 bridgehead atoms. The molecule has 0 aliphatic carbocycles. The van der Waals surface area contributed by atoms with Crippen molar-refractivity contribution in [3.05, 3.63) is 42.9 Å². The molecule has 0 saturated heterocycles. The van der Waals surface area contributed by atoms with E-state index in [4.69, 9.17) is 0 Å². The van der Waals surface area contributed by atoms with E-state index in [1.54, 1.807) is 36.8 Å². The van der Waals surface area contributed by atoms with E-state index in [9.17, 15) is 5.11 Å². The monoisotopic (exact) mass is 171 g/mol. The molecule has 0 unspecified atom stereocenters. The van der Waals surface area contributed by atoms with Gasteiger partial charge in [-0.1, -0.05) is 0 Å². The van der Waals surface area contributed by atoms with Crippen LogP contribution in [0.3, 0.4) is 0 Å². The minimum Gasteiger partial charge on any atom is -0.505 e. The normalized spacial score (nSPS) is 9.85. The highest BCUT2D eigenvalue weighted by Crippen LogP contribution is 2.24. The minimum absolute atomic E-state index is 0.0636. The van der Waals surface area contributed by atoms with Crippen LogP contribution < -0.4 is 0 Å². The van der Waals surface area contributed by atoms with Crippen LogP contribution in [0.2, 0.25) is 0 Å². The van der Waals surface area contributed by atoms with Crippen molar-refractivity contribution in [1.29, 1.82) is 0 Å². The predicted molar refractivity (Wildman–Crippen MR) is 48.0 cm³/mol. The van der Waals surface area contributed by atoms with Crippen LogP contribution in [0.15, 0.2) is 36.8 Å². The van der Waals surface area contributed by atoms with Gasteiger partial charge in [-0.25, -0.2) is 0 Å². The highest BCUT2D eigenvalue weighted by molar-refractivity contribution is 5.64. The van der Waals surface area contributed by atoms with Crippen LogP contribution >= 0.6 is 0 Å². The summed E-state index contributed by atoms with van der Waals surface area (Å²) < 4.78 is 0. The van der Waals surface area contributed by atoms with Gasteiger partial charge in [0.25, 0.3) is 0 Å². The van der Waals surface area contributed by atoms with E-state index in [0.717, 1.165) is 5.56 Å².